The molecule has 0 saturated heterocycles. The average molecular weight is 278 g/mol. The SMILES string of the molecule is CCC(=O)Nc1cccc(NC(=O)CC(O)C(C)C)c1. The normalized spacial score (nSPS) is 12.1. The van der Waals surface area contributed by atoms with Crippen LogP contribution in [0.1, 0.15) is 33.6 Å². The number of hydrogen-bond donors (Lipinski definition) is 3. The third-order valence-electron chi connectivity index (χ3n) is 2.92. The summed E-state index contributed by atoms with van der Waals surface area (Å²) in [4.78, 5) is 23.1. The smallest absolute Gasteiger partial charge is 0.226 e. The lowest BCUT2D eigenvalue weighted by Crippen LogP contribution is -2.23. The number of amides is 2. The molecule has 0 bridgehead atoms. The molecule has 1 aromatic carbocycles. The summed E-state index contributed by atoms with van der Waals surface area (Å²) in [5.41, 5.74) is 1.24. The third-order valence-corrected chi connectivity index (χ3v) is 2.92. The molecule has 0 fully saturated rings. The summed E-state index contributed by atoms with van der Waals surface area (Å²) in [6, 6.07) is 6.93. The zero-order valence-electron chi connectivity index (χ0n) is 12.1. The fraction of sp³-hybridized carbons (Fsp3) is 0.467. The molecule has 1 rings (SSSR count). The number of aliphatic hydroxyl groups excluding tert-OH is 1. The van der Waals surface area contributed by atoms with Crippen LogP contribution in [0.3, 0.4) is 0 Å². The molecule has 0 aliphatic rings. The minimum atomic E-state index is -0.655. The maximum absolute atomic E-state index is 11.8. The third kappa shape index (κ3) is 5.40. The lowest BCUT2D eigenvalue weighted by atomic mass is 10.0. The summed E-state index contributed by atoms with van der Waals surface area (Å²) in [6.45, 7) is 5.49. The van der Waals surface area contributed by atoms with Gasteiger partial charge in [-0.1, -0.05) is 26.8 Å². The Kier molecular flexibility index (Phi) is 6.18. The van der Waals surface area contributed by atoms with Crippen molar-refractivity contribution in [1.82, 2.24) is 0 Å². The maximum Gasteiger partial charge on any atom is 0.226 e. The molecule has 1 unspecified atom stereocenters. The summed E-state index contributed by atoms with van der Waals surface area (Å²) >= 11 is 0. The topological polar surface area (TPSA) is 78.4 Å². The van der Waals surface area contributed by atoms with Gasteiger partial charge >= 0.3 is 0 Å². The highest BCUT2D eigenvalue weighted by Crippen LogP contribution is 2.16. The minimum absolute atomic E-state index is 0.0379. The highest BCUT2D eigenvalue weighted by molar-refractivity contribution is 5.94. The zero-order chi connectivity index (χ0) is 15.1. The second-order valence-electron chi connectivity index (χ2n) is 5.05. The minimum Gasteiger partial charge on any atom is -0.392 e. The number of hydrogen-bond acceptors (Lipinski definition) is 3. The van der Waals surface area contributed by atoms with Crippen molar-refractivity contribution in [2.75, 3.05) is 10.6 Å². The predicted octanol–water partition coefficient (Wildman–Crippen LogP) is 2.38. The van der Waals surface area contributed by atoms with Crippen molar-refractivity contribution < 1.29 is 14.7 Å². The van der Waals surface area contributed by atoms with Crippen LogP contribution in [-0.2, 0) is 9.59 Å². The van der Waals surface area contributed by atoms with E-state index in [1.807, 2.05) is 13.8 Å². The Balaban J connectivity index is 2.61. The highest BCUT2D eigenvalue weighted by atomic mass is 16.3. The molecule has 3 N–H and O–H groups in total. The van der Waals surface area contributed by atoms with Gasteiger partial charge in [-0.25, -0.2) is 0 Å². The van der Waals surface area contributed by atoms with E-state index in [-0.39, 0.29) is 24.2 Å². The molecule has 1 atom stereocenters. The number of aliphatic hydroxyl groups is 1. The molecule has 5 heteroatoms. The van der Waals surface area contributed by atoms with E-state index < -0.39 is 6.10 Å². The lowest BCUT2D eigenvalue weighted by Gasteiger charge is -2.14. The first-order valence-electron chi connectivity index (χ1n) is 6.80. The average Bonchev–Trinajstić information content (AvgIpc) is 2.38. The van der Waals surface area contributed by atoms with Crippen molar-refractivity contribution in [2.24, 2.45) is 5.92 Å². The Hall–Kier alpha value is -1.88. The number of nitrogens with one attached hydrogen (secondary N) is 2. The monoisotopic (exact) mass is 278 g/mol. The van der Waals surface area contributed by atoms with E-state index in [0.29, 0.717) is 17.8 Å². The van der Waals surface area contributed by atoms with Crippen LogP contribution in [0.25, 0.3) is 0 Å². The highest BCUT2D eigenvalue weighted by Gasteiger charge is 2.14. The second kappa shape index (κ2) is 7.65. The molecular formula is C15H22N2O3. The summed E-state index contributed by atoms with van der Waals surface area (Å²) in [6.07, 6.45) is -0.196. The van der Waals surface area contributed by atoms with Crippen LogP contribution in [0.4, 0.5) is 11.4 Å². The first-order valence-corrected chi connectivity index (χ1v) is 6.80. The van der Waals surface area contributed by atoms with Crippen molar-refractivity contribution in [1.29, 1.82) is 0 Å². The van der Waals surface area contributed by atoms with Crippen LogP contribution >= 0.6 is 0 Å². The predicted molar refractivity (Wildman–Crippen MR) is 79.5 cm³/mol. The fourth-order valence-corrected chi connectivity index (χ4v) is 1.56. The molecule has 0 aromatic heterocycles. The van der Waals surface area contributed by atoms with Gasteiger partial charge in [-0.05, 0) is 24.1 Å². The summed E-state index contributed by atoms with van der Waals surface area (Å²) in [5, 5.41) is 15.1. The van der Waals surface area contributed by atoms with Gasteiger partial charge < -0.3 is 15.7 Å². The summed E-state index contributed by atoms with van der Waals surface area (Å²) < 4.78 is 0. The molecule has 20 heavy (non-hydrogen) atoms. The maximum atomic E-state index is 11.8. The quantitative estimate of drug-likeness (QED) is 0.747. The number of anilines is 2. The molecule has 2 amide bonds. The molecule has 5 nitrogen and oxygen atoms in total. The molecule has 0 heterocycles. The second-order valence-corrected chi connectivity index (χ2v) is 5.05. The Labute approximate surface area is 119 Å². The van der Waals surface area contributed by atoms with Gasteiger partial charge in [0.05, 0.1) is 12.5 Å². The van der Waals surface area contributed by atoms with E-state index in [1.165, 1.54) is 0 Å². The van der Waals surface area contributed by atoms with Gasteiger partial charge in [0.2, 0.25) is 11.8 Å². The van der Waals surface area contributed by atoms with E-state index in [2.05, 4.69) is 10.6 Å². The van der Waals surface area contributed by atoms with Gasteiger partial charge in [-0.15, -0.1) is 0 Å². The zero-order valence-corrected chi connectivity index (χ0v) is 12.1. The summed E-state index contributed by atoms with van der Waals surface area (Å²) in [7, 11) is 0. The first kappa shape index (κ1) is 16.2. The molecule has 0 aliphatic carbocycles. The van der Waals surface area contributed by atoms with Gasteiger partial charge in [0, 0.05) is 17.8 Å². The summed E-state index contributed by atoms with van der Waals surface area (Å²) in [5.74, 6) is -0.287. The standard InChI is InChI=1S/C15H22N2O3/c1-4-14(19)16-11-6-5-7-12(8-11)17-15(20)9-13(18)10(2)3/h5-8,10,13,18H,4,9H2,1-3H3,(H,16,19)(H,17,20). The van der Waals surface area contributed by atoms with Gasteiger partial charge in [0.1, 0.15) is 0 Å². The largest absolute Gasteiger partial charge is 0.392 e. The van der Waals surface area contributed by atoms with Gasteiger partial charge in [0.15, 0.2) is 0 Å². The molecule has 0 spiro atoms. The Bertz CT molecular complexity index is 472. The Morgan fingerprint density at radius 2 is 1.70 bits per heavy atom. The van der Waals surface area contributed by atoms with Crippen molar-refractivity contribution in [3.8, 4) is 0 Å². The van der Waals surface area contributed by atoms with Crippen LogP contribution < -0.4 is 10.6 Å². The number of rotatable bonds is 6. The Morgan fingerprint density at radius 3 is 2.20 bits per heavy atom. The van der Waals surface area contributed by atoms with Crippen LogP contribution in [-0.4, -0.2) is 23.0 Å². The van der Waals surface area contributed by atoms with Gasteiger partial charge in [-0.2, -0.15) is 0 Å². The van der Waals surface area contributed by atoms with E-state index in [4.69, 9.17) is 0 Å². The molecule has 0 radical (unpaired) electrons. The van der Waals surface area contributed by atoms with E-state index in [1.54, 1.807) is 31.2 Å². The molecule has 0 aliphatic heterocycles. The molecule has 1 aromatic rings. The number of benzene rings is 1. The molecule has 0 saturated carbocycles. The Morgan fingerprint density at radius 1 is 1.15 bits per heavy atom. The number of carbonyl (C=O) groups excluding carboxylic acids is 2. The van der Waals surface area contributed by atoms with Crippen LogP contribution in [0.2, 0.25) is 0 Å². The van der Waals surface area contributed by atoms with E-state index in [9.17, 15) is 14.7 Å². The van der Waals surface area contributed by atoms with Crippen LogP contribution in [0.15, 0.2) is 24.3 Å². The first-order chi connectivity index (χ1) is 9.42. The molecule has 110 valence electrons. The van der Waals surface area contributed by atoms with Crippen molar-refractivity contribution in [3.05, 3.63) is 24.3 Å². The van der Waals surface area contributed by atoms with Crippen molar-refractivity contribution >= 4 is 23.2 Å². The van der Waals surface area contributed by atoms with E-state index in [0.717, 1.165) is 0 Å². The number of carbonyl (C=O) groups is 2. The lowest BCUT2D eigenvalue weighted by molar-refractivity contribution is -0.118. The van der Waals surface area contributed by atoms with Crippen molar-refractivity contribution in [3.63, 3.8) is 0 Å². The van der Waals surface area contributed by atoms with E-state index >= 15 is 0 Å². The fourth-order valence-electron chi connectivity index (χ4n) is 1.56. The van der Waals surface area contributed by atoms with Crippen LogP contribution in [0, 0.1) is 5.92 Å². The van der Waals surface area contributed by atoms with Crippen LogP contribution in [0.5, 0.6) is 0 Å². The van der Waals surface area contributed by atoms with Crippen molar-refractivity contribution in [2.45, 2.75) is 39.7 Å². The molecular weight excluding hydrogens is 256 g/mol. The van der Waals surface area contributed by atoms with Gasteiger partial charge in [0.25, 0.3) is 0 Å². The van der Waals surface area contributed by atoms with Gasteiger partial charge in [-0.3, -0.25) is 9.59 Å².